The Hall–Kier alpha value is 0.990. The van der Waals surface area contributed by atoms with Crippen LogP contribution in [0.4, 0.5) is 0 Å². The highest BCUT2D eigenvalue weighted by atomic mass is 35.5. The van der Waals surface area contributed by atoms with Gasteiger partial charge < -0.3 is 0 Å². The zero-order valence-corrected chi connectivity index (χ0v) is 8.62. The van der Waals surface area contributed by atoms with Crippen molar-refractivity contribution in [3.63, 3.8) is 0 Å². The molecule has 1 aliphatic rings. The molecule has 0 aromatic rings. The molecule has 1 rings (SSSR count). The molecule has 0 nitrogen and oxygen atoms in total. The molecule has 0 aromatic heterocycles. The van der Waals surface area contributed by atoms with Crippen molar-refractivity contribution in [1.29, 1.82) is 0 Å². The summed E-state index contributed by atoms with van der Waals surface area (Å²) in [6.45, 7) is 2.31. The lowest BCUT2D eigenvalue weighted by Crippen LogP contribution is -2.21. The molecule has 1 aliphatic heterocycles. The molecular weight excluding hydrogens is 184 g/mol. The lowest BCUT2D eigenvalue weighted by Gasteiger charge is -2.31. The van der Waals surface area contributed by atoms with Crippen molar-refractivity contribution in [3.8, 4) is 0 Å². The smallest absolute Gasteiger partial charge is 0.0594 e. The lowest BCUT2D eigenvalue weighted by atomic mass is 10.4. The molecule has 0 bridgehead atoms. The Balaban J connectivity index is 2.32. The maximum atomic E-state index is 5.70. The minimum absolute atomic E-state index is 0.431. The summed E-state index contributed by atoms with van der Waals surface area (Å²) in [7, 11) is 0. The van der Waals surface area contributed by atoms with Crippen molar-refractivity contribution in [2.75, 3.05) is 17.4 Å². The fourth-order valence-electron chi connectivity index (χ4n) is 0.993. The predicted octanol–water partition coefficient (Wildman–Crippen LogP) is 3.20. The van der Waals surface area contributed by atoms with Crippen LogP contribution < -0.4 is 0 Å². The van der Waals surface area contributed by atoms with E-state index in [2.05, 4.69) is 30.4 Å². The standard InChI is InChI=1S/C7H13ClS2/c1-7(3-4-8)9-5-2-6-10-7/h2-6H2,1H3. The Kier molecular flexibility index (Phi) is 3.75. The fourth-order valence-corrected chi connectivity index (χ4v) is 4.54. The average molecular weight is 197 g/mol. The summed E-state index contributed by atoms with van der Waals surface area (Å²) >= 11 is 9.84. The Morgan fingerprint density at radius 1 is 1.40 bits per heavy atom. The van der Waals surface area contributed by atoms with Crippen molar-refractivity contribution in [1.82, 2.24) is 0 Å². The van der Waals surface area contributed by atoms with Crippen molar-refractivity contribution in [2.24, 2.45) is 0 Å². The molecule has 0 radical (unpaired) electrons. The van der Waals surface area contributed by atoms with E-state index in [1.54, 1.807) is 0 Å². The first-order chi connectivity index (χ1) is 4.77. The molecule has 60 valence electrons. The third kappa shape index (κ3) is 2.55. The fraction of sp³-hybridized carbons (Fsp3) is 1.00. The van der Waals surface area contributed by atoms with Crippen LogP contribution >= 0.6 is 35.1 Å². The third-order valence-electron chi connectivity index (χ3n) is 1.65. The van der Waals surface area contributed by atoms with E-state index in [1.807, 2.05) is 0 Å². The van der Waals surface area contributed by atoms with Gasteiger partial charge in [-0.2, -0.15) is 0 Å². The topological polar surface area (TPSA) is 0 Å². The van der Waals surface area contributed by atoms with E-state index in [9.17, 15) is 0 Å². The summed E-state index contributed by atoms with van der Waals surface area (Å²) in [4.78, 5) is 0. The molecule has 1 heterocycles. The largest absolute Gasteiger partial charge is 0.144 e. The Labute approximate surface area is 76.5 Å². The van der Waals surface area contributed by atoms with Crippen molar-refractivity contribution >= 4 is 35.1 Å². The summed E-state index contributed by atoms with van der Waals surface area (Å²) < 4.78 is 0.431. The van der Waals surface area contributed by atoms with Crippen molar-refractivity contribution in [3.05, 3.63) is 0 Å². The van der Waals surface area contributed by atoms with Crippen LogP contribution in [-0.4, -0.2) is 21.5 Å². The van der Waals surface area contributed by atoms with E-state index in [1.165, 1.54) is 17.9 Å². The molecule has 0 spiro atoms. The average Bonchev–Trinajstić information content (AvgIpc) is 1.89. The molecule has 1 saturated heterocycles. The van der Waals surface area contributed by atoms with Crippen LogP contribution in [0.5, 0.6) is 0 Å². The van der Waals surface area contributed by atoms with Gasteiger partial charge in [0.25, 0.3) is 0 Å². The monoisotopic (exact) mass is 196 g/mol. The van der Waals surface area contributed by atoms with Crippen LogP contribution in [0.25, 0.3) is 0 Å². The quantitative estimate of drug-likeness (QED) is 0.623. The van der Waals surface area contributed by atoms with Crippen molar-refractivity contribution in [2.45, 2.75) is 23.8 Å². The Morgan fingerprint density at radius 3 is 2.50 bits per heavy atom. The second-order valence-corrected chi connectivity index (χ2v) is 6.46. The van der Waals surface area contributed by atoms with Gasteiger partial charge in [-0.1, -0.05) is 0 Å². The van der Waals surface area contributed by atoms with E-state index < -0.39 is 0 Å². The second kappa shape index (κ2) is 4.13. The molecule has 0 unspecified atom stereocenters. The van der Waals surface area contributed by atoms with E-state index >= 15 is 0 Å². The predicted molar refractivity (Wildman–Crippen MR) is 53.3 cm³/mol. The van der Waals surface area contributed by atoms with E-state index in [-0.39, 0.29) is 0 Å². The van der Waals surface area contributed by atoms with Gasteiger partial charge in [0, 0.05) is 5.88 Å². The number of halogens is 1. The zero-order chi connectivity index (χ0) is 7.45. The second-order valence-electron chi connectivity index (χ2n) is 2.62. The van der Waals surface area contributed by atoms with Crippen LogP contribution in [0.1, 0.15) is 19.8 Å². The molecule has 1 fully saturated rings. The van der Waals surface area contributed by atoms with Gasteiger partial charge >= 0.3 is 0 Å². The van der Waals surface area contributed by atoms with Crippen LogP contribution in [0.15, 0.2) is 0 Å². The van der Waals surface area contributed by atoms with Crippen LogP contribution in [0.3, 0.4) is 0 Å². The molecular formula is C7H13ClS2. The van der Waals surface area contributed by atoms with Crippen LogP contribution in [0, 0.1) is 0 Å². The zero-order valence-electron chi connectivity index (χ0n) is 6.23. The summed E-state index contributed by atoms with van der Waals surface area (Å²) in [5, 5.41) is 0. The molecule has 10 heavy (non-hydrogen) atoms. The van der Waals surface area contributed by atoms with Gasteiger partial charge in [0.15, 0.2) is 0 Å². The third-order valence-corrected chi connectivity index (χ3v) is 5.16. The number of rotatable bonds is 2. The van der Waals surface area contributed by atoms with Gasteiger partial charge in [-0.3, -0.25) is 0 Å². The maximum Gasteiger partial charge on any atom is 0.0594 e. The molecule has 0 aliphatic carbocycles. The molecule has 3 heteroatoms. The van der Waals surface area contributed by atoms with Gasteiger partial charge in [-0.25, -0.2) is 0 Å². The molecule has 0 saturated carbocycles. The molecule has 0 aromatic carbocycles. The number of thioether (sulfide) groups is 2. The maximum absolute atomic E-state index is 5.70. The van der Waals surface area contributed by atoms with E-state index in [0.717, 1.165) is 12.3 Å². The SMILES string of the molecule is CC1(CCCl)SCCCS1. The molecule has 0 atom stereocenters. The summed E-state index contributed by atoms with van der Waals surface area (Å²) in [5.74, 6) is 3.44. The summed E-state index contributed by atoms with van der Waals surface area (Å²) in [5.41, 5.74) is 0. The highest BCUT2D eigenvalue weighted by Gasteiger charge is 2.26. The highest BCUT2D eigenvalue weighted by molar-refractivity contribution is 8.18. The molecule has 0 N–H and O–H groups in total. The van der Waals surface area contributed by atoms with E-state index in [0.29, 0.717) is 4.08 Å². The minimum atomic E-state index is 0.431. The van der Waals surface area contributed by atoms with Crippen LogP contribution in [0.2, 0.25) is 0 Å². The highest BCUT2D eigenvalue weighted by Crippen LogP contribution is 2.44. The van der Waals surface area contributed by atoms with Gasteiger partial charge in [-0.05, 0) is 31.3 Å². The Morgan fingerprint density at radius 2 is 2.00 bits per heavy atom. The summed E-state index contributed by atoms with van der Waals surface area (Å²) in [6, 6.07) is 0. The first kappa shape index (κ1) is 9.08. The van der Waals surface area contributed by atoms with Gasteiger partial charge in [0.1, 0.15) is 0 Å². The number of hydrogen-bond donors (Lipinski definition) is 0. The lowest BCUT2D eigenvalue weighted by molar-refractivity contribution is 0.837. The first-order valence-electron chi connectivity index (χ1n) is 3.61. The number of hydrogen-bond acceptors (Lipinski definition) is 2. The normalized spacial score (nSPS) is 24.6. The van der Waals surface area contributed by atoms with Gasteiger partial charge in [-0.15, -0.1) is 35.1 Å². The first-order valence-corrected chi connectivity index (χ1v) is 6.11. The van der Waals surface area contributed by atoms with E-state index in [4.69, 9.17) is 11.6 Å². The minimum Gasteiger partial charge on any atom is -0.144 e. The van der Waals surface area contributed by atoms with Gasteiger partial charge in [0.2, 0.25) is 0 Å². The molecule has 0 amide bonds. The summed E-state index contributed by atoms with van der Waals surface area (Å²) in [6.07, 6.45) is 2.51. The van der Waals surface area contributed by atoms with Gasteiger partial charge in [0.05, 0.1) is 4.08 Å². The van der Waals surface area contributed by atoms with Crippen molar-refractivity contribution < 1.29 is 0 Å². The number of alkyl halides is 1. The van der Waals surface area contributed by atoms with Crippen LogP contribution in [-0.2, 0) is 0 Å². The Bertz CT molecular complexity index is 94.3.